The quantitative estimate of drug-likeness (QED) is 0.770. The molecule has 1 saturated carbocycles. The van der Waals surface area contributed by atoms with Crippen LogP contribution in [-0.2, 0) is 9.59 Å². The predicted molar refractivity (Wildman–Crippen MR) is 69.2 cm³/mol. The fraction of sp³-hybridized carbons (Fsp3) is 0.429. The first-order valence-corrected chi connectivity index (χ1v) is 6.75. The highest BCUT2D eigenvalue weighted by atomic mass is 32.2. The first-order valence-electron chi connectivity index (χ1n) is 5.93. The maximum Gasteiger partial charge on any atom is 0.156 e. The van der Waals surface area contributed by atoms with E-state index in [1.807, 2.05) is 30.3 Å². The van der Waals surface area contributed by atoms with Gasteiger partial charge in [0.1, 0.15) is 4.75 Å². The lowest BCUT2D eigenvalue weighted by Crippen LogP contribution is -2.44. The number of Topliss-reactive ketones (excluding diaryl/α,β-unsaturated/α-hetero) is 2. The molecule has 0 heterocycles. The Labute approximate surface area is 106 Å². The first-order chi connectivity index (χ1) is 8.15. The van der Waals surface area contributed by atoms with Crippen LogP contribution in [0.25, 0.3) is 0 Å². The van der Waals surface area contributed by atoms with Crippen LogP contribution in [0.15, 0.2) is 35.2 Å². The molecule has 2 nitrogen and oxygen atoms in total. The number of carbonyl (C=O) groups is 2. The molecule has 1 atom stereocenters. The monoisotopic (exact) mass is 248 g/mol. The normalized spacial score (nSPS) is 24.6. The third-order valence-corrected chi connectivity index (χ3v) is 4.81. The van der Waals surface area contributed by atoms with E-state index in [-0.39, 0.29) is 11.6 Å². The van der Waals surface area contributed by atoms with Crippen LogP contribution in [-0.4, -0.2) is 16.3 Å². The Hall–Kier alpha value is -1.09. The summed E-state index contributed by atoms with van der Waals surface area (Å²) in [6.07, 6.45) is 3.11. The van der Waals surface area contributed by atoms with Crippen LogP contribution >= 0.6 is 11.8 Å². The summed E-state index contributed by atoms with van der Waals surface area (Å²) in [6.45, 7) is 1.54. The van der Waals surface area contributed by atoms with Crippen LogP contribution < -0.4 is 0 Å². The molecule has 0 saturated heterocycles. The van der Waals surface area contributed by atoms with E-state index in [9.17, 15) is 9.59 Å². The number of ketones is 2. The summed E-state index contributed by atoms with van der Waals surface area (Å²) in [5.74, 6) is 0.0983. The van der Waals surface area contributed by atoms with Gasteiger partial charge in [0.05, 0.1) is 0 Å². The van der Waals surface area contributed by atoms with Crippen molar-refractivity contribution in [3.63, 3.8) is 0 Å². The van der Waals surface area contributed by atoms with Gasteiger partial charge in [-0.05, 0) is 31.9 Å². The Morgan fingerprint density at radius 3 is 2.53 bits per heavy atom. The standard InChI is InChI=1S/C14H16O2S/c1-11(15)14(10-6-5-9-13(14)16)17-12-7-3-2-4-8-12/h2-4,7-8H,5-6,9-10H2,1H3. The molecule has 0 N–H and O–H groups in total. The van der Waals surface area contributed by atoms with Crippen LogP contribution in [0.4, 0.5) is 0 Å². The maximum atomic E-state index is 12.1. The van der Waals surface area contributed by atoms with E-state index in [1.165, 1.54) is 11.8 Å². The second-order valence-corrected chi connectivity index (χ2v) is 5.80. The lowest BCUT2D eigenvalue weighted by Gasteiger charge is -2.32. The summed E-state index contributed by atoms with van der Waals surface area (Å²) in [5.41, 5.74) is 0. The lowest BCUT2D eigenvalue weighted by atomic mass is 9.84. The third-order valence-electron chi connectivity index (χ3n) is 3.24. The predicted octanol–water partition coefficient (Wildman–Crippen LogP) is 3.25. The van der Waals surface area contributed by atoms with Crippen molar-refractivity contribution in [2.75, 3.05) is 0 Å². The van der Waals surface area contributed by atoms with Crippen molar-refractivity contribution in [1.82, 2.24) is 0 Å². The molecule has 1 aliphatic carbocycles. The van der Waals surface area contributed by atoms with E-state index in [1.54, 1.807) is 6.92 Å². The number of thioether (sulfide) groups is 1. The van der Waals surface area contributed by atoms with Gasteiger partial charge in [0.15, 0.2) is 11.6 Å². The number of rotatable bonds is 3. The van der Waals surface area contributed by atoms with Gasteiger partial charge in [0, 0.05) is 11.3 Å². The van der Waals surface area contributed by atoms with Gasteiger partial charge in [-0.2, -0.15) is 0 Å². The van der Waals surface area contributed by atoms with Crippen molar-refractivity contribution < 1.29 is 9.59 Å². The van der Waals surface area contributed by atoms with Crippen LogP contribution in [0, 0.1) is 0 Å². The highest BCUT2D eigenvalue weighted by molar-refractivity contribution is 8.02. The second kappa shape index (κ2) is 5.05. The minimum Gasteiger partial charge on any atom is -0.298 e. The number of hydrogen-bond donors (Lipinski definition) is 0. The Morgan fingerprint density at radius 2 is 1.94 bits per heavy atom. The van der Waals surface area contributed by atoms with E-state index in [4.69, 9.17) is 0 Å². The highest BCUT2D eigenvalue weighted by Gasteiger charge is 2.44. The fourth-order valence-electron chi connectivity index (χ4n) is 2.24. The molecular weight excluding hydrogens is 232 g/mol. The van der Waals surface area contributed by atoms with Gasteiger partial charge in [-0.15, -0.1) is 11.8 Å². The average Bonchev–Trinajstić information content (AvgIpc) is 2.33. The number of benzene rings is 1. The molecular formula is C14H16O2S. The Morgan fingerprint density at radius 1 is 1.24 bits per heavy atom. The number of hydrogen-bond acceptors (Lipinski definition) is 3. The van der Waals surface area contributed by atoms with Gasteiger partial charge < -0.3 is 0 Å². The van der Waals surface area contributed by atoms with Gasteiger partial charge in [-0.1, -0.05) is 24.6 Å². The van der Waals surface area contributed by atoms with Crippen molar-refractivity contribution in [1.29, 1.82) is 0 Å². The van der Waals surface area contributed by atoms with Gasteiger partial charge in [0.2, 0.25) is 0 Å². The zero-order chi connectivity index (χ0) is 12.3. The molecule has 1 aromatic carbocycles. The molecule has 1 aliphatic rings. The molecule has 1 fully saturated rings. The molecule has 0 aliphatic heterocycles. The average molecular weight is 248 g/mol. The molecule has 1 unspecified atom stereocenters. The molecule has 1 aromatic rings. The summed E-state index contributed by atoms with van der Waals surface area (Å²) in [5, 5.41) is 0. The topological polar surface area (TPSA) is 34.1 Å². The summed E-state index contributed by atoms with van der Waals surface area (Å²) in [4.78, 5) is 25.0. The number of carbonyl (C=O) groups excluding carboxylic acids is 2. The molecule has 0 bridgehead atoms. The lowest BCUT2D eigenvalue weighted by molar-refractivity contribution is -0.130. The largest absolute Gasteiger partial charge is 0.298 e. The minimum atomic E-state index is -0.820. The first kappa shape index (κ1) is 12.4. The SMILES string of the molecule is CC(=O)C1(Sc2ccccc2)CCCCC1=O. The maximum absolute atomic E-state index is 12.1. The highest BCUT2D eigenvalue weighted by Crippen LogP contribution is 2.42. The summed E-state index contributed by atoms with van der Waals surface area (Å²) < 4.78 is -0.820. The second-order valence-electron chi connectivity index (χ2n) is 4.43. The van der Waals surface area contributed by atoms with E-state index in [0.717, 1.165) is 17.7 Å². The van der Waals surface area contributed by atoms with Crippen LogP contribution in [0.2, 0.25) is 0 Å². The Kier molecular flexibility index (Phi) is 3.67. The van der Waals surface area contributed by atoms with E-state index >= 15 is 0 Å². The molecule has 0 amide bonds. The van der Waals surface area contributed by atoms with Crippen LogP contribution in [0.1, 0.15) is 32.6 Å². The summed E-state index contributed by atoms with van der Waals surface area (Å²) in [7, 11) is 0. The van der Waals surface area contributed by atoms with Crippen molar-refractivity contribution >= 4 is 23.3 Å². The molecule has 0 radical (unpaired) electrons. The van der Waals surface area contributed by atoms with E-state index in [0.29, 0.717) is 12.8 Å². The van der Waals surface area contributed by atoms with Crippen molar-refractivity contribution in [2.45, 2.75) is 42.2 Å². The van der Waals surface area contributed by atoms with Gasteiger partial charge in [0.25, 0.3) is 0 Å². The third kappa shape index (κ3) is 2.44. The molecule has 17 heavy (non-hydrogen) atoms. The van der Waals surface area contributed by atoms with Gasteiger partial charge in [-0.3, -0.25) is 9.59 Å². The van der Waals surface area contributed by atoms with Gasteiger partial charge in [-0.25, -0.2) is 0 Å². The minimum absolute atomic E-state index is 0.00365. The molecule has 2 rings (SSSR count). The molecule has 0 spiro atoms. The Balaban J connectivity index is 2.29. The molecule has 3 heteroatoms. The van der Waals surface area contributed by atoms with Crippen molar-refractivity contribution in [3.05, 3.63) is 30.3 Å². The van der Waals surface area contributed by atoms with E-state index in [2.05, 4.69) is 0 Å². The van der Waals surface area contributed by atoms with E-state index < -0.39 is 4.75 Å². The van der Waals surface area contributed by atoms with Crippen LogP contribution in [0.3, 0.4) is 0 Å². The molecule has 90 valence electrons. The molecule has 0 aromatic heterocycles. The van der Waals surface area contributed by atoms with Crippen LogP contribution in [0.5, 0.6) is 0 Å². The summed E-state index contributed by atoms with van der Waals surface area (Å²) in [6, 6.07) is 9.72. The smallest absolute Gasteiger partial charge is 0.156 e. The van der Waals surface area contributed by atoms with Gasteiger partial charge >= 0.3 is 0 Å². The van der Waals surface area contributed by atoms with Crippen molar-refractivity contribution in [3.8, 4) is 0 Å². The fourth-order valence-corrected chi connectivity index (χ4v) is 3.54. The zero-order valence-corrected chi connectivity index (χ0v) is 10.8. The van der Waals surface area contributed by atoms with Crippen molar-refractivity contribution in [2.24, 2.45) is 0 Å². The zero-order valence-electron chi connectivity index (χ0n) is 9.94. The summed E-state index contributed by atoms with van der Waals surface area (Å²) >= 11 is 1.43. The Bertz CT molecular complexity index is 427.